The SMILES string of the molecule is CC(c1ccccc1)(c1ccccc1)c1nnc2n1CCCCCC2. The van der Waals surface area contributed by atoms with Gasteiger partial charge in [-0.05, 0) is 30.9 Å². The highest BCUT2D eigenvalue weighted by molar-refractivity contribution is 5.45. The van der Waals surface area contributed by atoms with E-state index in [1.807, 2.05) is 0 Å². The fourth-order valence-corrected chi connectivity index (χ4v) is 4.00. The Bertz CT molecular complexity index is 781. The second-order valence-corrected chi connectivity index (χ2v) is 7.11. The third-order valence-electron chi connectivity index (χ3n) is 5.51. The van der Waals surface area contributed by atoms with Gasteiger partial charge in [0.25, 0.3) is 0 Å². The van der Waals surface area contributed by atoms with Gasteiger partial charge in [0.05, 0.1) is 5.41 Å². The molecule has 2 aromatic carbocycles. The Hall–Kier alpha value is -2.42. The summed E-state index contributed by atoms with van der Waals surface area (Å²) in [5.74, 6) is 2.22. The van der Waals surface area contributed by atoms with Crippen LogP contribution in [0.5, 0.6) is 0 Å². The molecular weight excluding hydrogens is 306 g/mol. The van der Waals surface area contributed by atoms with E-state index in [1.54, 1.807) is 0 Å². The molecule has 0 saturated heterocycles. The van der Waals surface area contributed by atoms with Crippen LogP contribution < -0.4 is 0 Å². The van der Waals surface area contributed by atoms with Gasteiger partial charge in [0, 0.05) is 13.0 Å². The van der Waals surface area contributed by atoms with Crippen LogP contribution in [0, 0.1) is 0 Å². The van der Waals surface area contributed by atoms with Crippen LogP contribution in [0.25, 0.3) is 0 Å². The lowest BCUT2D eigenvalue weighted by molar-refractivity contribution is 0.481. The molecule has 128 valence electrons. The number of aryl methyl sites for hydroxylation is 1. The highest BCUT2D eigenvalue weighted by Crippen LogP contribution is 2.38. The summed E-state index contributed by atoms with van der Waals surface area (Å²) in [5, 5.41) is 9.31. The molecule has 1 aliphatic heterocycles. The molecule has 0 fully saturated rings. The van der Waals surface area contributed by atoms with Crippen LogP contribution in [-0.2, 0) is 18.4 Å². The molecule has 0 unspecified atom stereocenters. The molecule has 3 nitrogen and oxygen atoms in total. The Morgan fingerprint density at radius 2 is 1.36 bits per heavy atom. The van der Waals surface area contributed by atoms with Crippen molar-refractivity contribution in [2.45, 2.75) is 51.0 Å². The van der Waals surface area contributed by atoms with Crippen LogP contribution in [0.2, 0.25) is 0 Å². The number of hydrogen-bond acceptors (Lipinski definition) is 2. The van der Waals surface area contributed by atoms with E-state index in [9.17, 15) is 0 Å². The third kappa shape index (κ3) is 2.88. The van der Waals surface area contributed by atoms with E-state index in [0.717, 1.165) is 24.6 Å². The quantitative estimate of drug-likeness (QED) is 0.693. The predicted molar refractivity (Wildman–Crippen MR) is 101 cm³/mol. The standard InChI is InChI=1S/C22H25N3/c1-22(18-12-6-4-7-13-18,19-14-8-5-9-15-19)21-24-23-20-16-10-2-3-11-17-25(20)21/h4-9,12-15H,2-3,10-11,16-17H2,1H3. The van der Waals surface area contributed by atoms with E-state index in [-0.39, 0.29) is 5.41 Å². The van der Waals surface area contributed by atoms with E-state index in [0.29, 0.717) is 0 Å². The zero-order valence-corrected chi connectivity index (χ0v) is 14.9. The van der Waals surface area contributed by atoms with Gasteiger partial charge in [-0.1, -0.05) is 73.5 Å². The summed E-state index contributed by atoms with van der Waals surface area (Å²) in [6, 6.07) is 21.4. The van der Waals surface area contributed by atoms with Crippen molar-refractivity contribution in [3.63, 3.8) is 0 Å². The molecule has 0 saturated carbocycles. The largest absolute Gasteiger partial charge is 0.314 e. The zero-order chi connectivity index (χ0) is 17.1. The Morgan fingerprint density at radius 3 is 2.00 bits per heavy atom. The topological polar surface area (TPSA) is 30.7 Å². The van der Waals surface area contributed by atoms with Gasteiger partial charge in [-0.3, -0.25) is 0 Å². The van der Waals surface area contributed by atoms with Crippen LogP contribution >= 0.6 is 0 Å². The summed E-state index contributed by atoms with van der Waals surface area (Å²) >= 11 is 0. The van der Waals surface area contributed by atoms with Gasteiger partial charge in [-0.15, -0.1) is 10.2 Å². The van der Waals surface area contributed by atoms with E-state index >= 15 is 0 Å². The molecule has 0 radical (unpaired) electrons. The lowest BCUT2D eigenvalue weighted by Crippen LogP contribution is -2.30. The summed E-state index contributed by atoms with van der Waals surface area (Å²) in [4.78, 5) is 0. The van der Waals surface area contributed by atoms with Gasteiger partial charge in [0.2, 0.25) is 0 Å². The van der Waals surface area contributed by atoms with Gasteiger partial charge in [0.1, 0.15) is 11.6 Å². The van der Waals surface area contributed by atoms with Crippen LogP contribution in [0.4, 0.5) is 0 Å². The Kier molecular flexibility index (Phi) is 4.39. The van der Waals surface area contributed by atoms with Crippen molar-refractivity contribution in [2.75, 3.05) is 0 Å². The van der Waals surface area contributed by atoms with Crippen molar-refractivity contribution in [1.29, 1.82) is 0 Å². The molecule has 3 aromatic rings. The number of hydrogen-bond donors (Lipinski definition) is 0. The predicted octanol–water partition coefficient (Wildman–Crippen LogP) is 4.75. The Morgan fingerprint density at radius 1 is 0.760 bits per heavy atom. The van der Waals surface area contributed by atoms with Crippen LogP contribution in [0.3, 0.4) is 0 Å². The highest BCUT2D eigenvalue weighted by atomic mass is 15.3. The van der Waals surface area contributed by atoms with Crippen molar-refractivity contribution >= 4 is 0 Å². The minimum absolute atomic E-state index is 0.299. The van der Waals surface area contributed by atoms with Crippen molar-refractivity contribution in [3.8, 4) is 0 Å². The number of nitrogens with zero attached hydrogens (tertiary/aromatic N) is 3. The van der Waals surface area contributed by atoms with Crippen molar-refractivity contribution in [3.05, 3.63) is 83.4 Å². The number of fused-ring (bicyclic) bond motifs is 1. The molecule has 0 aliphatic carbocycles. The van der Waals surface area contributed by atoms with E-state index in [2.05, 4.69) is 77.3 Å². The van der Waals surface area contributed by atoms with Crippen molar-refractivity contribution in [1.82, 2.24) is 14.8 Å². The molecule has 0 bridgehead atoms. The smallest absolute Gasteiger partial charge is 0.147 e. The maximum absolute atomic E-state index is 4.72. The maximum Gasteiger partial charge on any atom is 0.147 e. The average molecular weight is 331 g/mol. The molecule has 0 amide bonds. The second-order valence-electron chi connectivity index (χ2n) is 7.11. The Balaban J connectivity index is 1.91. The maximum atomic E-state index is 4.72. The molecule has 3 heteroatoms. The van der Waals surface area contributed by atoms with Crippen molar-refractivity contribution < 1.29 is 0 Å². The van der Waals surface area contributed by atoms with Gasteiger partial charge in [-0.25, -0.2) is 0 Å². The van der Waals surface area contributed by atoms with Crippen LogP contribution in [0.1, 0.15) is 55.4 Å². The minimum Gasteiger partial charge on any atom is -0.314 e. The first-order valence-electron chi connectivity index (χ1n) is 9.34. The van der Waals surface area contributed by atoms with E-state index in [4.69, 9.17) is 5.10 Å². The molecule has 25 heavy (non-hydrogen) atoms. The molecular formula is C22H25N3. The first kappa shape index (κ1) is 16.1. The van der Waals surface area contributed by atoms with Gasteiger partial charge in [-0.2, -0.15) is 0 Å². The van der Waals surface area contributed by atoms with E-state index in [1.165, 1.54) is 36.8 Å². The number of rotatable bonds is 3. The zero-order valence-electron chi connectivity index (χ0n) is 14.9. The lowest BCUT2D eigenvalue weighted by atomic mass is 9.75. The van der Waals surface area contributed by atoms with E-state index < -0.39 is 0 Å². The second kappa shape index (κ2) is 6.83. The summed E-state index contributed by atoms with van der Waals surface area (Å²) in [6.07, 6.45) is 6.05. The summed E-state index contributed by atoms with van der Waals surface area (Å²) in [7, 11) is 0. The molecule has 0 spiro atoms. The lowest BCUT2D eigenvalue weighted by Gasteiger charge is -2.31. The summed E-state index contributed by atoms with van der Waals surface area (Å²) in [5.41, 5.74) is 2.23. The molecule has 0 N–H and O–H groups in total. The average Bonchev–Trinajstić information content (AvgIpc) is 3.04. The van der Waals surface area contributed by atoms with Gasteiger partial charge >= 0.3 is 0 Å². The monoisotopic (exact) mass is 331 g/mol. The van der Waals surface area contributed by atoms with Crippen LogP contribution in [-0.4, -0.2) is 14.8 Å². The normalized spacial score (nSPS) is 15.2. The molecule has 2 heterocycles. The van der Waals surface area contributed by atoms with Crippen molar-refractivity contribution in [2.24, 2.45) is 0 Å². The first-order valence-corrected chi connectivity index (χ1v) is 9.34. The van der Waals surface area contributed by atoms with Gasteiger partial charge < -0.3 is 4.57 Å². The Labute approximate surface area is 149 Å². The third-order valence-corrected chi connectivity index (χ3v) is 5.51. The molecule has 4 rings (SSSR count). The highest BCUT2D eigenvalue weighted by Gasteiger charge is 2.36. The fourth-order valence-electron chi connectivity index (χ4n) is 4.00. The first-order chi connectivity index (χ1) is 12.3. The number of aromatic nitrogens is 3. The number of benzene rings is 2. The molecule has 1 aromatic heterocycles. The molecule has 0 atom stereocenters. The van der Waals surface area contributed by atoms with Gasteiger partial charge in [0.15, 0.2) is 0 Å². The fraction of sp³-hybridized carbons (Fsp3) is 0.364. The summed E-state index contributed by atoms with van der Waals surface area (Å²) < 4.78 is 2.39. The van der Waals surface area contributed by atoms with Crippen LogP contribution in [0.15, 0.2) is 60.7 Å². The molecule has 1 aliphatic rings. The minimum atomic E-state index is -0.299. The summed E-state index contributed by atoms with van der Waals surface area (Å²) in [6.45, 7) is 3.31.